The van der Waals surface area contributed by atoms with E-state index in [9.17, 15) is 19.8 Å². The molecular formula is C34H38N2O7. The minimum absolute atomic E-state index is 0.00173. The monoisotopic (exact) mass is 586 g/mol. The first-order chi connectivity index (χ1) is 20.9. The molecule has 0 radical (unpaired) electrons. The van der Waals surface area contributed by atoms with E-state index < -0.39 is 17.7 Å². The van der Waals surface area contributed by atoms with Crippen LogP contribution in [0.1, 0.15) is 41.6 Å². The van der Waals surface area contributed by atoms with Gasteiger partial charge >= 0.3 is 0 Å². The number of carbonyl (C=O) groups excluding carboxylic acids is 2. The van der Waals surface area contributed by atoms with E-state index in [0.29, 0.717) is 56.3 Å². The number of carbonyl (C=O) groups is 2. The van der Waals surface area contributed by atoms with Crippen LogP contribution in [0.5, 0.6) is 17.2 Å². The molecule has 1 atom stereocenters. The number of aromatic hydroxyl groups is 1. The number of Topliss-reactive ketones (excluding diaryl/α,β-unsaturated/α-hetero) is 1. The number of benzene rings is 3. The predicted molar refractivity (Wildman–Crippen MR) is 162 cm³/mol. The molecule has 0 bridgehead atoms. The molecule has 226 valence electrons. The maximum atomic E-state index is 13.5. The number of morpholine rings is 1. The van der Waals surface area contributed by atoms with Crippen LogP contribution in [0.4, 0.5) is 0 Å². The van der Waals surface area contributed by atoms with Crippen molar-refractivity contribution in [3.63, 3.8) is 0 Å². The van der Waals surface area contributed by atoms with E-state index in [-0.39, 0.29) is 22.8 Å². The summed E-state index contributed by atoms with van der Waals surface area (Å²) in [5.74, 6) is -0.824. The molecule has 2 heterocycles. The summed E-state index contributed by atoms with van der Waals surface area (Å²) in [5.41, 5.74) is 2.78. The highest BCUT2D eigenvalue weighted by molar-refractivity contribution is 6.46. The molecule has 0 aromatic heterocycles. The highest BCUT2D eigenvalue weighted by atomic mass is 16.5. The van der Waals surface area contributed by atoms with Gasteiger partial charge in [0.05, 0.1) is 31.4 Å². The summed E-state index contributed by atoms with van der Waals surface area (Å²) < 4.78 is 17.0. The van der Waals surface area contributed by atoms with E-state index in [1.807, 2.05) is 37.3 Å². The number of likely N-dealkylation sites (tertiary alicyclic amines) is 1. The number of ether oxygens (including phenoxy) is 3. The number of rotatable bonds is 11. The first-order valence-corrected chi connectivity index (χ1v) is 14.7. The van der Waals surface area contributed by atoms with E-state index in [4.69, 9.17) is 14.2 Å². The third kappa shape index (κ3) is 6.84. The number of hydrogen-bond acceptors (Lipinski definition) is 8. The zero-order chi connectivity index (χ0) is 30.3. The van der Waals surface area contributed by atoms with E-state index in [1.54, 1.807) is 37.3 Å². The molecule has 1 amide bonds. The maximum Gasteiger partial charge on any atom is 0.295 e. The van der Waals surface area contributed by atoms with Crippen molar-refractivity contribution in [2.24, 2.45) is 0 Å². The van der Waals surface area contributed by atoms with Gasteiger partial charge in [-0.25, -0.2) is 0 Å². The summed E-state index contributed by atoms with van der Waals surface area (Å²) in [7, 11) is 0. The maximum absolute atomic E-state index is 13.5. The SMILES string of the molecule is CCOc1cc(C2/C(=C(/O)c3ccc(OCc4ccccc4)c(C)c3)C(=O)C(=O)N2CCCN2CCOCC2)ccc1O. The fourth-order valence-corrected chi connectivity index (χ4v) is 5.57. The molecule has 1 unspecified atom stereocenters. The van der Waals surface area contributed by atoms with Crippen molar-refractivity contribution in [3.8, 4) is 17.2 Å². The van der Waals surface area contributed by atoms with Gasteiger partial charge in [-0.05, 0) is 67.3 Å². The first kappa shape index (κ1) is 30.1. The van der Waals surface area contributed by atoms with Gasteiger partial charge in [-0.2, -0.15) is 0 Å². The van der Waals surface area contributed by atoms with Crippen LogP contribution in [0.2, 0.25) is 0 Å². The number of phenolic OH excluding ortho intramolecular Hbond substituents is 1. The van der Waals surface area contributed by atoms with Crippen molar-refractivity contribution in [1.82, 2.24) is 9.80 Å². The highest BCUT2D eigenvalue weighted by Crippen LogP contribution is 2.42. The van der Waals surface area contributed by atoms with Gasteiger partial charge in [-0.3, -0.25) is 14.5 Å². The van der Waals surface area contributed by atoms with Crippen LogP contribution in [0.3, 0.4) is 0 Å². The van der Waals surface area contributed by atoms with Crippen LogP contribution in [-0.2, 0) is 20.9 Å². The van der Waals surface area contributed by atoms with E-state index in [0.717, 1.165) is 30.8 Å². The third-order valence-corrected chi connectivity index (χ3v) is 7.80. The largest absolute Gasteiger partial charge is 0.507 e. The van der Waals surface area contributed by atoms with Crippen LogP contribution in [-0.4, -0.2) is 77.7 Å². The highest BCUT2D eigenvalue weighted by Gasteiger charge is 2.46. The fraction of sp³-hybridized carbons (Fsp3) is 0.353. The number of aliphatic hydroxyl groups excluding tert-OH is 1. The van der Waals surface area contributed by atoms with E-state index in [2.05, 4.69) is 4.90 Å². The number of nitrogens with zero attached hydrogens (tertiary/aromatic N) is 2. The Bertz CT molecular complexity index is 1480. The standard InChI is InChI=1S/C34H38N2O7/c1-3-42-29-21-25(10-12-27(29)37)31-30(33(39)34(40)36(31)15-7-14-35-16-18-41-19-17-35)32(38)26-11-13-28(23(2)20-26)43-22-24-8-5-4-6-9-24/h4-6,8-13,20-21,31,37-38H,3,7,14-19,22H2,1-2H3/b32-30-. The molecule has 43 heavy (non-hydrogen) atoms. The Hall–Kier alpha value is -4.34. The zero-order valence-electron chi connectivity index (χ0n) is 24.6. The van der Waals surface area contributed by atoms with Crippen LogP contribution < -0.4 is 9.47 Å². The molecular weight excluding hydrogens is 548 g/mol. The topological polar surface area (TPSA) is 109 Å². The summed E-state index contributed by atoms with van der Waals surface area (Å²) >= 11 is 0. The van der Waals surface area contributed by atoms with Gasteiger partial charge in [-0.15, -0.1) is 0 Å². The Kier molecular flexibility index (Phi) is 9.64. The van der Waals surface area contributed by atoms with Gasteiger partial charge in [0, 0.05) is 31.7 Å². The number of aryl methyl sites for hydroxylation is 1. The summed E-state index contributed by atoms with van der Waals surface area (Å²) in [6.45, 7) is 8.46. The Morgan fingerprint density at radius 2 is 1.72 bits per heavy atom. The van der Waals surface area contributed by atoms with Crippen molar-refractivity contribution in [2.45, 2.75) is 32.9 Å². The zero-order valence-corrected chi connectivity index (χ0v) is 24.6. The van der Waals surface area contributed by atoms with Gasteiger partial charge in [0.25, 0.3) is 11.7 Å². The molecule has 2 fully saturated rings. The number of amides is 1. The number of hydrogen-bond donors (Lipinski definition) is 2. The molecule has 2 saturated heterocycles. The lowest BCUT2D eigenvalue weighted by Crippen LogP contribution is -2.38. The van der Waals surface area contributed by atoms with E-state index in [1.165, 1.54) is 11.0 Å². The Morgan fingerprint density at radius 1 is 0.953 bits per heavy atom. The van der Waals surface area contributed by atoms with Crippen LogP contribution in [0.25, 0.3) is 5.76 Å². The summed E-state index contributed by atoms with van der Waals surface area (Å²) in [4.78, 5) is 30.7. The van der Waals surface area contributed by atoms with Gasteiger partial charge < -0.3 is 29.3 Å². The minimum atomic E-state index is -0.848. The number of phenols is 1. The number of ketones is 1. The van der Waals surface area contributed by atoms with Crippen LogP contribution >= 0.6 is 0 Å². The molecule has 0 saturated carbocycles. The molecule has 9 nitrogen and oxygen atoms in total. The number of aliphatic hydroxyl groups is 1. The second-order valence-corrected chi connectivity index (χ2v) is 10.7. The summed E-state index contributed by atoms with van der Waals surface area (Å²) in [5, 5.41) is 21.9. The Morgan fingerprint density at radius 3 is 2.44 bits per heavy atom. The average Bonchev–Trinajstić information content (AvgIpc) is 3.27. The smallest absolute Gasteiger partial charge is 0.295 e. The molecule has 3 aromatic carbocycles. The van der Waals surface area contributed by atoms with Crippen molar-refractivity contribution < 1.29 is 34.0 Å². The summed E-state index contributed by atoms with van der Waals surface area (Å²) in [6, 6.07) is 18.9. The van der Waals surface area contributed by atoms with Crippen molar-refractivity contribution in [1.29, 1.82) is 0 Å². The van der Waals surface area contributed by atoms with Crippen molar-refractivity contribution >= 4 is 17.4 Å². The van der Waals surface area contributed by atoms with E-state index >= 15 is 0 Å². The van der Waals surface area contributed by atoms with Crippen LogP contribution in [0, 0.1) is 6.92 Å². The lowest BCUT2D eigenvalue weighted by molar-refractivity contribution is -0.140. The average molecular weight is 587 g/mol. The predicted octanol–water partition coefficient (Wildman–Crippen LogP) is 4.82. The van der Waals surface area contributed by atoms with Crippen molar-refractivity contribution in [3.05, 3.63) is 94.6 Å². The fourth-order valence-electron chi connectivity index (χ4n) is 5.57. The first-order valence-electron chi connectivity index (χ1n) is 14.7. The van der Waals surface area contributed by atoms with Crippen LogP contribution in [0.15, 0.2) is 72.3 Å². The van der Waals surface area contributed by atoms with Crippen molar-refractivity contribution in [2.75, 3.05) is 46.0 Å². The molecule has 3 aromatic rings. The lowest BCUT2D eigenvalue weighted by Gasteiger charge is -2.29. The second-order valence-electron chi connectivity index (χ2n) is 10.7. The minimum Gasteiger partial charge on any atom is -0.507 e. The Balaban J connectivity index is 1.46. The molecule has 2 aliphatic heterocycles. The third-order valence-electron chi connectivity index (χ3n) is 7.80. The molecule has 2 N–H and O–H groups in total. The molecule has 9 heteroatoms. The summed E-state index contributed by atoms with van der Waals surface area (Å²) in [6.07, 6.45) is 0.645. The second kappa shape index (κ2) is 13.8. The Labute approximate surface area is 251 Å². The van der Waals surface area contributed by atoms with Gasteiger partial charge in [0.1, 0.15) is 18.1 Å². The lowest BCUT2D eigenvalue weighted by atomic mass is 9.94. The molecule has 2 aliphatic rings. The quantitative estimate of drug-likeness (QED) is 0.187. The molecule has 0 spiro atoms. The normalized spacial score (nSPS) is 18.7. The molecule has 5 rings (SSSR count). The molecule has 0 aliphatic carbocycles. The van der Waals surface area contributed by atoms with Gasteiger partial charge in [-0.1, -0.05) is 36.4 Å². The van der Waals surface area contributed by atoms with Gasteiger partial charge in [0.2, 0.25) is 0 Å². The van der Waals surface area contributed by atoms with Gasteiger partial charge in [0.15, 0.2) is 11.5 Å².